The zero-order valence-electron chi connectivity index (χ0n) is 20.5. The summed E-state index contributed by atoms with van der Waals surface area (Å²) < 4.78 is 13.1. The molecule has 8 nitrogen and oxygen atoms in total. The highest BCUT2D eigenvalue weighted by Gasteiger charge is 2.17. The fraction of sp³-hybridized carbons (Fsp3) is 0.542. The Hall–Kier alpha value is -2.36. The van der Waals surface area contributed by atoms with Crippen molar-refractivity contribution in [1.82, 2.24) is 19.5 Å². The standard InChI is InChI=1S/C17H23N3OS.C7H13NO3/c1-13(2)21-17-15-5-4-6-16(14(15)7-8-18-17)22-20-11-9-19(3)10-12-20;1-7(2,3)11-6(10)8-4-5-9/h4-8,13H,9-12H2,1-3H3;5H,4H2,1-3H3,(H,8,10). The number of likely N-dealkylation sites (N-methyl/N-ethyl adjacent to an activating group) is 1. The molecule has 2 aromatic rings. The van der Waals surface area contributed by atoms with Crippen molar-refractivity contribution in [3.05, 3.63) is 30.5 Å². The van der Waals surface area contributed by atoms with Gasteiger partial charge in [0.05, 0.1) is 12.6 Å². The Balaban J connectivity index is 0.000000299. The lowest BCUT2D eigenvalue weighted by Crippen LogP contribution is -2.40. The normalized spacial score (nSPS) is 15.0. The average molecular weight is 477 g/mol. The fourth-order valence-electron chi connectivity index (χ4n) is 3.01. The molecule has 1 saturated heterocycles. The van der Waals surface area contributed by atoms with Gasteiger partial charge >= 0.3 is 6.09 Å². The number of carbonyl (C=O) groups is 2. The van der Waals surface area contributed by atoms with Gasteiger partial charge in [-0.15, -0.1) is 0 Å². The minimum absolute atomic E-state index is 0.00505. The van der Waals surface area contributed by atoms with E-state index in [1.54, 1.807) is 20.8 Å². The van der Waals surface area contributed by atoms with Gasteiger partial charge in [0.1, 0.15) is 11.9 Å². The fourth-order valence-corrected chi connectivity index (χ4v) is 4.05. The van der Waals surface area contributed by atoms with Gasteiger partial charge in [-0.2, -0.15) is 0 Å². The second-order valence-electron chi connectivity index (χ2n) is 9.01. The van der Waals surface area contributed by atoms with Crippen LogP contribution in [0.4, 0.5) is 4.79 Å². The number of benzene rings is 1. The number of aldehydes is 1. The Morgan fingerprint density at radius 2 is 1.88 bits per heavy atom. The van der Waals surface area contributed by atoms with Crippen LogP contribution in [0.25, 0.3) is 10.8 Å². The topological polar surface area (TPSA) is 84.0 Å². The molecule has 3 rings (SSSR count). The molecule has 182 valence electrons. The molecule has 0 atom stereocenters. The summed E-state index contributed by atoms with van der Waals surface area (Å²) in [5.41, 5.74) is -0.507. The van der Waals surface area contributed by atoms with Gasteiger partial charge in [0.25, 0.3) is 0 Å². The molecule has 9 heteroatoms. The van der Waals surface area contributed by atoms with E-state index >= 15 is 0 Å². The molecule has 1 aromatic heterocycles. The van der Waals surface area contributed by atoms with E-state index in [0.29, 0.717) is 6.29 Å². The van der Waals surface area contributed by atoms with Gasteiger partial charge in [0.2, 0.25) is 5.88 Å². The first kappa shape index (κ1) is 26.9. The zero-order valence-corrected chi connectivity index (χ0v) is 21.3. The van der Waals surface area contributed by atoms with Gasteiger partial charge in [0.15, 0.2) is 0 Å². The van der Waals surface area contributed by atoms with E-state index in [1.165, 1.54) is 10.3 Å². The zero-order chi connectivity index (χ0) is 24.4. The van der Waals surface area contributed by atoms with Crippen LogP contribution in [0.15, 0.2) is 35.4 Å². The second kappa shape index (κ2) is 12.8. The lowest BCUT2D eigenvalue weighted by atomic mass is 10.2. The number of alkyl carbamates (subject to hydrolysis) is 1. The lowest BCUT2D eigenvalue weighted by Gasteiger charge is -2.31. The molecule has 0 aliphatic carbocycles. The quantitative estimate of drug-likeness (QED) is 0.495. The molecule has 1 aliphatic heterocycles. The molecule has 1 aliphatic rings. The molecule has 2 heterocycles. The molecule has 1 N–H and O–H groups in total. The summed E-state index contributed by atoms with van der Waals surface area (Å²) in [4.78, 5) is 28.6. The number of carbonyl (C=O) groups excluding carboxylic acids is 2. The number of pyridine rings is 1. The summed E-state index contributed by atoms with van der Waals surface area (Å²) in [6.45, 7) is 13.8. The number of rotatable bonds is 6. The van der Waals surface area contributed by atoms with E-state index in [4.69, 9.17) is 9.47 Å². The number of aromatic nitrogens is 1. The van der Waals surface area contributed by atoms with Crippen LogP contribution < -0.4 is 10.1 Å². The Morgan fingerprint density at radius 1 is 1.18 bits per heavy atom. The summed E-state index contributed by atoms with van der Waals surface area (Å²) >= 11 is 1.85. The van der Waals surface area contributed by atoms with Gasteiger partial charge < -0.3 is 24.5 Å². The lowest BCUT2D eigenvalue weighted by molar-refractivity contribution is -0.107. The first-order valence-corrected chi connectivity index (χ1v) is 11.9. The first-order chi connectivity index (χ1) is 15.6. The maximum absolute atomic E-state index is 10.7. The number of nitrogens with one attached hydrogen (secondary N) is 1. The molecule has 0 saturated carbocycles. The maximum Gasteiger partial charge on any atom is 0.408 e. The van der Waals surface area contributed by atoms with Gasteiger partial charge in [0, 0.05) is 48.0 Å². The van der Waals surface area contributed by atoms with Crippen LogP contribution in [0, 0.1) is 0 Å². The van der Waals surface area contributed by atoms with Crippen molar-refractivity contribution in [1.29, 1.82) is 0 Å². The molecule has 1 amide bonds. The Bertz CT molecular complexity index is 909. The summed E-state index contributed by atoms with van der Waals surface area (Å²) in [6, 6.07) is 8.45. The van der Waals surface area contributed by atoms with Crippen LogP contribution >= 0.6 is 11.9 Å². The predicted molar refractivity (Wildman–Crippen MR) is 133 cm³/mol. The number of fused-ring (bicyclic) bond motifs is 1. The Morgan fingerprint density at radius 3 is 2.48 bits per heavy atom. The van der Waals surface area contributed by atoms with Crippen molar-refractivity contribution in [2.24, 2.45) is 0 Å². The van der Waals surface area contributed by atoms with Crippen LogP contribution in [-0.2, 0) is 9.53 Å². The number of hydrogen-bond acceptors (Lipinski definition) is 8. The SMILES string of the molecule is CC(C)(C)OC(=O)NCC=O.CC(C)Oc1nccc2c(SN3CCN(C)CC3)cccc12. The third-order valence-corrected chi connectivity index (χ3v) is 5.67. The van der Waals surface area contributed by atoms with E-state index in [2.05, 4.69) is 50.8 Å². The van der Waals surface area contributed by atoms with Crippen LogP contribution in [0.3, 0.4) is 0 Å². The number of nitrogens with zero attached hydrogens (tertiary/aromatic N) is 3. The van der Waals surface area contributed by atoms with Crippen LogP contribution in [0.2, 0.25) is 0 Å². The van der Waals surface area contributed by atoms with E-state index in [-0.39, 0.29) is 12.6 Å². The largest absolute Gasteiger partial charge is 0.475 e. The molecular weight excluding hydrogens is 440 g/mol. The highest BCUT2D eigenvalue weighted by Crippen LogP contribution is 2.34. The molecule has 1 fully saturated rings. The summed E-state index contributed by atoms with van der Waals surface area (Å²) in [5, 5.41) is 4.57. The molecule has 0 spiro atoms. The van der Waals surface area contributed by atoms with Gasteiger partial charge in [-0.1, -0.05) is 6.07 Å². The van der Waals surface area contributed by atoms with E-state index in [9.17, 15) is 9.59 Å². The minimum Gasteiger partial charge on any atom is -0.475 e. The molecule has 0 unspecified atom stereocenters. The predicted octanol–water partition coefficient (Wildman–Crippen LogP) is 3.99. The molecular formula is C24H36N4O4S. The molecule has 0 radical (unpaired) electrons. The van der Waals surface area contributed by atoms with E-state index < -0.39 is 11.7 Å². The maximum atomic E-state index is 10.7. The van der Waals surface area contributed by atoms with Crippen molar-refractivity contribution in [2.75, 3.05) is 39.8 Å². The minimum atomic E-state index is -0.565. The number of piperazine rings is 1. The van der Waals surface area contributed by atoms with Crippen LogP contribution in [-0.4, -0.2) is 78.0 Å². The number of hydrogen-bond donors (Lipinski definition) is 1. The monoisotopic (exact) mass is 476 g/mol. The highest BCUT2D eigenvalue weighted by molar-refractivity contribution is 7.97. The first-order valence-electron chi connectivity index (χ1n) is 11.2. The summed E-state index contributed by atoms with van der Waals surface area (Å²) in [5.74, 6) is 0.730. The Labute approximate surface area is 201 Å². The van der Waals surface area contributed by atoms with Gasteiger partial charge in [-0.05, 0) is 71.8 Å². The van der Waals surface area contributed by atoms with Crippen LogP contribution in [0.1, 0.15) is 34.6 Å². The highest BCUT2D eigenvalue weighted by atomic mass is 32.2. The van der Waals surface area contributed by atoms with Crippen molar-refractivity contribution in [3.8, 4) is 5.88 Å². The number of amides is 1. The number of ether oxygens (including phenoxy) is 2. The van der Waals surface area contributed by atoms with E-state index in [0.717, 1.165) is 37.4 Å². The van der Waals surface area contributed by atoms with Crippen molar-refractivity contribution < 1.29 is 19.1 Å². The molecule has 33 heavy (non-hydrogen) atoms. The average Bonchev–Trinajstić information content (AvgIpc) is 2.73. The smallest absolute Gasteiger partial charge is 0.408 e. The summed E-state index contributed by atoms with van der Waals surface area (Å²) in [7, 11) is 2.18. The summed E-state index contributed by atoms with van der Waals surface area (Å²) in [6.07, 6.45) is 2.01. The molecule has 0 bridgehead atoms. The van der Waals surface area contributed by atoms with Crippen molar-refractivity contribution in [3.63, 3.8) is 0 Å². The van der Waals surface area contributed by atoms with Crippen molar-refractivity contribution >= 4 is 35.1 Å². The molecule has 1 aromatic carbocycles. The van der Waals surface area contributed by atoms with Crippen LogP contribution in [0.5, 0.6) is 5.88 Å². The second-order valence-corrected chi connectivity index (χ2v) is 10.1. The van der Waals surface area contributed by atoms with Gasteiger partial charge in [-0.3, -0.25) is 0 Å². The van der Waals surface area contributed by atoms with Gasteiger partial charge in [-0.25, -0.2) is 14.1 Å². The van der Waals surface area contributed by atoms with E-state index in [1.807, 2.05) is 32.0 Å². The Kier molecular flexibility index (Phi) is 10.4. The third-order valence-electron chi connectivity index (χ3n) is 4.50. The van der Waals surface area contributed by atoms with Crippen molar-refractivity contribution in [2.45, 2.75) is 51.2 Å². The third kappa shape index (κ3) is 9.57.